The first-order valence-electron chi connectivity index (χ1n) is 14.0. The molecule has 0 aliphatic carbocycles. The van der Waals surface area contributed by atoms with Crippen LogP contribution in [0.4, 0.5) is 17.3 Å². The average Bonchev–Trinajstić information content (AvgIpc) is 3.59. The van der Waals surface area contributed by atoms with E-state index in [4.69, 9.17) is 9.97 Å². The highest BCUT2D eigenvalue weighted by atomic mass is 32.2. The van der Waals surface area contributed by atoms with Gasteiger partial charge in [0.2, 0.25) is 11.9 Å². The van der Waals surface area contributed by atoms with Crippen molar-refractivity contribution in [2.45, 2.75) is 19.3 Å². The Morgan fingerprint density at radius 2 is 1.76 bits per heavy atom. The molecule has 212 valence electrons. The van der Waals surface area contributed by atoms with Crippen molar-refractivity contribution < 1.29 is 4.79 Å². The molecule has 1 aliphatic rings. The molecule has 0 saturated heterocycles. The van der Waals surface area contributed by atoms with Crippen LogP contribution in [-0.4, -0.2) is 56.1 Å². The lowest BCUT2D eigenvalue weighted by molar-refractivity contribution is -0.115. The molecule has 6 rings (SSSR count). The summed E-state index contributed by atoms with van der Waals surface area (Å²) in [7, 11) is 4.17. The molecule has 0 spiro atoms. The van der Waals surface area contributed by atoms with Crippen molar-refractivity contribution in [1.29, 1.82) is 0 Å². The molecule has 3 heterocycles. The van der Waals surface area contributed by atoms with Gasteiger partial charge in [-0.05, 0) is 73.9 Å². The Morgan fingerprint density at radius 1 is 0.929 bits per heavy atom. The smallest absolute Gasteiger partial charge is 0.228 e. The van der Waals surface area contributed by atoms with E-state index in [2.05, 4.69) is 68.9 Å². The SMILES string of the molecule is CN(C)CCc1ccc(Nc2nccc(-c3nc4n(c3-c3cccc(NC(=O)Cc5ccccc5)c3)SCC4)n2)cc1. The lowest BCUT2D eigenvalue weighted by Crippen LogP contribution is -2.14. The van der Waals surface area contributed by atoms with Crippen molar-refractivity contribution in [3.8, 4) is 22.6 Å². The maximum absolute atomic E-state index is 12.8. The van der Waals surface area contributed by atoms with Crippen LogP contribution in [0.5, 0.6) is 0 Å². The van der Waals surface area contributed by atoms with E-state index >= 15 is 0 Å². The third-order valence-electron chi connectivity index (χ3n) is 7.03. The fraction of sp³-hybridized carbons (Fsp3) is 0.212. The predicted octanol–water partition coefficient (Wildman–Crippen LogP) is 6.09. The second-order valence-corrected chi connectivity index (χ2v) is 11.6. The first kappa shape index (κ1) is 27.7. The van der Waals surface area contributed by atoms with Gasteiger partial charge in [0, 0.05) is 41.9 Å². The molecule has 0 atom stereocenters. The van der Waals surface area contributed by atoms with E-state index in [1.807, 2.05) is 54.6 Å². The van der Waals surface area contributed by atoms with E-state index in [0.29, 0.717) is 12.4 Å². The molecule has 3 aromatic carbocycles. The van der Waals surface area contributed by atoms with Crippen LogP contribution in [0.25, 0.3) is 22.6 Å². The van der Waals surface area contributed by atoms with Gasteiger partial charge < -0.3 is 15.5 Å². The Hall–Kier alpha value is -4.47. The first-order valence-corrected chi connectivity index (χ1v) is 15.0. The van der Waals surface area contributed by atoms with Gasteiger partial charge in [0.1, 0.15) is 11.5 Å². The van der Waals surface area contributed by atoms with Crippen LogP contribution < -0.4 is 10.6 Å². The minimum absolute atomic E-state index is 0.0521. The largest absolute Gasteiger partial charge is 0.326 e. The van der Waals surface area contributed by atoms with Crippen LogP contribution in [0.15, 0.2) is 91.1 Å². The third-order valence-corrected chi connectivity index (χ3v) is 8.07. The fourth-order valence-electron chi connectivity index (χ4n) is 4.93. The number of imidazole rings is 1. The first-order chi connectivity index (χ1) is 20.5. The molecule has 1 aliphatic heterocycles. The molecule has 0 radical (unpaired) electrons. The van der Waals surface area contributed by atoms with E-state index in [1.54, 1.807) is 18.1 Å². The highest BCUT2D eigenvalue weighted by Crippen LogP contribution is 2.39. The molecule has 1 amide bonds. The van der Waals surface area contributed by atoms with Crippen LogP contribution in [-0.2, 0) is 24.1 Å². The number of rotatable bonds is 10. The van der Waals surface area contributed by atoms with Crippen molar-refractivity contribution in [2.24, 2.45) is 0 Å². The quantitative estimate of drug-likeness (QED) is 0.208. The van der Waals surface area contributed by atoms with Gasteiger partial charge in [-0.15, -0.1) is 0 Å². The average molecular weight is 576 g/mol. The molecule has 5 aromatic rings. The number of hydrogen-bond acceptors (Lipinski definition) is 7. The van der Waals surface area contributed by atoms with Crippen LogP contribution in [0, 0.1) is 0 Å². The molecular weight excluding hydrogens is 542 g/mol. The maximum atomic E-state index is 12.8. The van der Waals surface area contributed by atoms with Crippen LogP contribution in [0.2, 0.25) is 0 Å². The molecule has 2 N–H and O–H groups in total. The number of benzene rings is 3. The summed E-state index contributed by atoms with van der Waals surface area (Å²) in [4.78, 5) is 29.3. The van der Waals surface area contributed by atoms with Crippen LogP contribution in [0.1, 0.15) is 17.0 Å². The Kier molecular flexibility index (Phi) is 8.30. The van der Waals surface area contributed by atoms with E-state index < -0.39 is 0 Å². The normalized spacial score (nSPS) is 12.4. The monoisotopic (exact) mass is 575 g/mol. The van der Waals surface area contributed by atoms with Gasteiger partial charge in [0.15, 0.2) is 0 Å². The van der Waals surface area contributed by atoms with E-state index in [0.717, 1.165) is 70.5 Å². The van der Waals surface area contributed by atoms with Crippen molar-refractivity contribution in [2.75, 3.05) is 37.0 Å². The second-order valence-electron chi connectivity index (χ2n) is 10.5. The Morgan fingerprint density at radius 3 is 2.57 bits per heavy atom. The lowest BCUT2D eigenvalue weighted by Gasteiger charge is -2.12. The van der Waals surface area contributed by atoms with E-state index in [1.165, 1.54) is 5.56 Å². The standard InChI is InChI=1S/C33H33N7OS/c1-39(2)19-16-23-11-13-26(14-12-23)36-33-34-18-15-28(37-33)31-32(40-29(38-31)17-20-42-40)25-9-6-10-27(22-25)35-30(41)21-24-7-4-3-5-8-24/h3-15,18,22H,16-17,19-21H2,1-2H3,(H,35,41)(H,34,36,37). The minimum atomic E-state index is -0.0521. The molecule has 8 nitrogen and oxygen atoms in total. The number of hydrogen-bond donors (Lipinski definition) is 2. The molecule has 2 aromatic heterocycles. The molecule has 0 saturated carbocycles. The summed E-state index contributed by atoms with van der Waals surface area (Å²) in [5, 5.41) is 6.41. The van der Waals surface area contributed by atoms with Gasteiger partial charge >= 0.3 is 0 Å². The number of carbonyl (C=O) groups is 1. The Bertz CT molecular complexity index is 1680. The number of aryl methyl sites for hydroxylation is 1. The molecular formula is C33H33N7OS. The number of amides is 1. The van der Waals surface area contributed by atoms with Crippen molar-refractivity contribution in [1.82, 2.24) is 23.8 Å². The minimum Gasteiger partial charge on any atom is -0.326 e. The maximum Gasteiger partial charge on any atom is 0.228 e. The molecule has 42 heavy (non-hydrogen) atoms. The number of carbonyl (C=O) groups excluding carboxylic acids is 1. The summed E-state index contributed by atoms with van der Waals surface area (Å²) in [6.07, 6.45) is 3.98. The number of anilines is 3. The summed E-state index contributed by atoms with van der Waals surface area (Å²) in [6.45, 7) is 1.01. The number of aromatic nitrogens is 4. The predicted molar refractivity (Wildman–Crippen MR) is 171 cm³/mol. The summed E-state index contributed by atoms with van der Waals surface area (Å²) in [5.41, 5.74) is 7.43. The van der Waals surface area contributed by atoms with Gasteiger partial charge in [-0.1, -0.05) is 54.6 Å². The van der Waals surface area contributed by atoms with Crippen LogP contribution >= 0.6 is 11.9 Å². The second kappa shape index (κ2) is 12.6. The van der Waals surface area contributed by atoms with Crippen molar-refractivity contribution in [3.63, 3.8) is 0 Å². The highest BCUT2D eigenvalue weighted by molar-refractivity contribution is 7.98. The highest BCUT2D eigenvalue weighted by Gasteiger charge is 2.25. The number of likely N-dealkylation sites (N-methyl/N-ethyl adjacent to an activating group) is 1. The molecule has 0 fully saturated rings. The molecule has 9 heteroatoms. The summed E-state index contributed by atoms with van der Waals surface area (Å²) < 4.78 is 2.20. The number of nitrogens with zero attached hydrogens (tertiary/aromatic N) is 5. The van der Waals surface area contributed by atoms with Gasteiger partial charge in [-0.25, -0.2) is 15.0 Å². The van der Waals surface area contributed by atoms with Gasteiger partial charge in [-0.3, -0.25) is 8.77 Å². The van der Waals surface area contributed by atoms with Crippen molar-refractivity contribution >= 4 is 35.2 Å². The Labute approximate surface area is 250 Å². The van der Waals surface area contributed by atoms with Crippen molar-refractivity contribution in [3.05, 3.63) is 108 Å². The molecule has 0 bridgehead atoms. The van der Waals surface area contributed by atoms with E-state index in [-0.39, 0.29) is 5.91 Å². The van der Waals surface area contributed by atoms with Gasteiger partial charge in [0.05, 0.1) is 17.8 Å². The Balaban J connectivity index is 1.24. The zero-order valence-electron chi connectivity index (χ0n) is 23.7. The number of fused-ring (bicyclic) bond motifs is 1. The summed E-state index contributed by atoms with van der Waals surface area (Å²) in [6, 6.07) is 28.0. The fourth-order valence-corrected chi connectivity index (χ4v) is 5.99. The van der Waals surface area contributed by atoms with Gasteiger partial charge in [-0.2, -0.15) is 0 Å². The topological polar surface area (TPSA) is 88.0 Å². The van der Waals surface area contributed by atoms with Crippen LogP contribution in [0.3, 0.4) is 0 Å². The number of nitrogens with one attached hydrogen (secondary N) is 2. The molecule has 0 unspecified atom stereocenters. The van der Waals surface area contributed by atoms with E-state index in [9.17, 15) is 4.79 Å². The zero-order valence-corrected chi connectivity index (χ0v) is 24.6. The zero-order chi connectivity index (χ0) is 28.9. The lowest BCUT2D eigenvalue weighted by atomic mass is 10.1. The third kappa shape index (κ3) is 6.53. The summed E-state index contributed by atoms with van der Waals surface area (Å²) >= 11 is 1.74. The summed E-state index contributed by atoms with van der Waals surface area (Å²) in [5.74, 6) is 2.46. The van der Waals surface area contributed by atoms with Gasteiger partial charge in [0.25, 0.3) is 0 Å².